The van der Waals surface area contributed by atoms with Crippen LogP contribution in [-0.4, -0.2) is 18.4 Å². The number of anilines is 2. The second-order valence-corrected chi connectivity index (χ2v) is 8.65. The van der Waals surface area contributed by atoms with Gasteiger partial charge in [-0.15, -0.1) is 0 Å². The highest BCUT2D eigenvalue weighted by Crippen LogP contribution is 2.39. The lowest BCUT2D eigenvalue weighted by Gasteiger charge is -2.27. The highest BCUT2D eigenvalue weighted by molar-refractivity contribution is 6.30. The van der Waals surface area contributed by atoms with Gasteiger partial charge in [-0.1, -0.05) is 41.4 Å². The van der Waals surface area contributed by atoms with Gasteiger partial charge in [0, 0.05) is 29.4 Å². The number of nitrogens with zero attached hydrogens (tertiary/aromatic N) is 1. The van der Waals surface area contributed by atoms with Crippen LogP contribution in [0.25, 0.3) is 0 Å². The molecule has 0 bridgehead atoms. The van der Waals surface area contributed by atoms with E-state index >= 15 is 0 Å². The first kappa shape index (κ1) is 20.5. The van der Waals surface area contributed by atoms with Gasteiger partial charge in [0.05, 0.1) is 17.6 Å². The van der Waals surface area contributed by atoms with Crippen molar-refractivity contribution in [3.05, 3.63) is 94.0 Å². The van der Waals surface area contributed by atoms with Crippen molar-refractivity contribution in [1.29, 1.82) is 0 Å². The monoisotopic (exact) mass is 446 g/mol. The molecule has 3 N–H and O–H groups in total. The van der Waals surface area contributed by atoms with Gasteiger partial charge in [0.15, 0.2) is 0 Å². The van der Waals surface area contributed by atoms with Crippen LogP contribution in [0.3, 0.4) is 0 Å². The molecule has 5 rings (SSSR count). The van der Waals surface area contributed by atoms with Crippen LogP contribution < -0.4 is 21.1 Å². The summed E-state index contributed by atoms with van der Waals surface area (Å²) in [6, 6.07) is 20.6. The second-order valence-electron chi connectivity index (χ2n) is 8.21. The number of hydrogen-bond acceptors (Lipinski definition) is 4. The number of fused-ring (bicyclic) bond motifs is 3. The molecule has 2 atom stereocenters. The summed E-state index contributed by atoms with van der Waals surface area (Å²) in [6.07, 6.45) is 0. The maximum Gasteiger partial charge on any atom is 0.251 e. The van der Waals surface area contributed by atoms with E-state index in [2.05, 4.69) is 16.1 Å². The SMILES string of the molecule is Cc1ccc(N2NC3c4cc(C(=O)NCc5ccc(Cl)cc5)ccc4NCC3C2=O)cc1. The number of hydrazine groups is 1. The minimum absolute atomic E-state index is 0.0228. The molecule has 2 aliphatic heterocycles. The van der Waals surface area contributed by atoms with Gasteiger partial charge in [-0.2, -0.15) is 0 Å². The lowest BCUT2D eigenvalue weighted by molar-refractivity contribution is -0.120. The molecule has 3 aromatic rings. The van der Waals surface area contributed by atoms with E-state index in [9.17, 15) is 9.59 Å². The number of amides is 2. The normalized spacial score (nSPS) is 19.2. The Kier molecular flexibility index (Phi) is 5.33. The first-order valence-corrected chi connectivity index (χ1v) is 10.9. The van der Waals surface area contributed by atoms with Crippen LogP contribution in [0.15, 0.2) is 66.7 Å². The van der Waals surface area contributed by atoms with Gasteiger partial charge in [0.2, 0.25) is 5.91 Å². The third kappa shape index (κ3) is 3.83. The zero-order valence-electron chi connectivity index (χ0n) is 17.6. The van der Waals surface area contributed by atoms with Crippen molar-refractivity contribution in [3.63, 3.8) is 0 Å². The molecule has 0 spiro atoms. The van der Waals surface area contributed by atoms with Gasteiger partial charge in [-0.25, -0.2) is 10.4 Å². The number of nitrogens with one attached hydrogen (secondary N) is 3. The summed E-state index contributed by atoms with van der Waals surface area (Å²) in [7, 11) is 0. The minimum atomic E-state index is -0.240. The summed E-state index contributed by atoms with van der Waals surface area (Å²) in [5.74, 6) is -0.379. The molecule has 32 heavy (non-hydrogen) atoms. The fraction of sp³-hybridized carbons (Fsp3) is 0.200. The number of benzene rings is 3. The van der Waals surface area contributed by atoms with Crippen LogP contribution in [0.2, 0.25) is 5.02 Å². The Hall–Kier alpha value is -3.35. The fourth-order valence-electron chi connectivity index (χ4n) is 4.22. The van der Waals surface area contributed by atoms with E-state index in [-0.39, 0.29) is 23.8 Å². The molecular weight excluding hydrogens is 424 g/mol. The Labute approximate surface area is 191 Å². The second kappa shape index (κ2) is 8.30. The average molecular weight is 447 g/mol. The minimum Gasteiger partial charge on any atom is -0.384 e. The molecule has 2 amide bonds. The molecule has 7 heteroatoms. The molecule has 0 aliphatic carbocycles. The van der Waals surface area contributed by atoms with Crippen LogP contribution >= 0.6 is 11.6 Å². The zero-order chi connectivity index (χ0) is 22.2. The standard InChI is InChI=1S/C25H23ClN4O2/c1-15-2-9-19(10-3-15)30-25(32)21-14-27-22-11-6-17(12-20(22)23(21)29-30)24(31)28-13-16-4-7-18(26)8-5-16/h2-12,21,23,27,29H,13-14H2,1H3,(H,28,31). The summed E-state index contributed by atoms with van der Waals surface area (Å²) in [5.41, 5.74) is 8.70. The van der Waals surface area contributed by atoms with Crippen molar-refractivity contribution in [3.8, 4) is 0 Å². The number of rotatable bonds is 4. The molecular formula is C25H23ClN4O2. The number of carbonyl (C=O) groups excluding carboxylic acids is 2. The predicted molar refractivity (Wildman–Crippen MR) is 126 cm³/mol. The van der Waals surface area contributed by atoms with Crippen molar-refractivity contribution >= 4 is 34.8 Å². The van der Waals surface area contributed by atoms with Crippen molar-refractivity contribution in [2.75, 3.05) is 16.9 Å². The maximum atomic E-state index is 13.1. The highest BCUT2D eigenvalue weighted by atomic mass is 35.5. The molecule has 162 valence electrons. The van der Waals surface area contributed by atoms with Crippen molar-refractivity contribution in [2.45, 2.75) is 19.5 Å². The number of carbonyl (C=O) groups is 2. The van der Waals surface area contributed by atoms with Crippen molar-refractivity contribution < 1.29 is 9.59 Å². The van der Waals surface area contributed by atoms with Gasteiger partial charge in [-0.05, 0) is 60.5 Å². The van der Waals surface area contributed by atoms with Gasteiger partial charge in [0.25, 0.3) is 5.91 Å². The van der Waals surface area contributed by atoms with Gasteiger partial charge >= 0.3 is 0 Å². The summed E-state index contributed by atoms with van der Waals surface area (Å²) in [5, 5.41) is 8.58. The number of halogens is 1. The summed E-state index contributed by atoms with van der Waals surface area (Å²) < 4.78 is 0. The van der Waals surface area contributed by atoms with E-state index in [4.69, 9.17) is 11.6 Å². The van der Waals surface area contributed by atoms with E-state index in [1.165, 1.54) is 0 Å². The van der Waals surface area contributed by atoms with Crippen LogP contribution in [0.1, 0.15) is 33.1 Å². The van der Waals surface area contributed by atoms with E-state index in [1.807, 2.05) is 55.5 Å². The highest BCUT2D eigenvalue weighted by Gasteiger charge is 2.44. The molecule has 1 fully saturated rings. The molecule has 2 heterocycles. The summed E-state index contributed by atoms with van der Waals surface area (Å²) in [4.78, 5) is 25.9. The molecule has 3 aromatic carbocycles. The fourth-order valence-corrected chi connectivity index (χ4v) is 4.34. The Balaban J connectivity index is 1.35. The summed E-state index contributed by atoms with van der Waals surface area (Å²) in [6.45, 7) is 2.98. The predicted octanol–water partition coefficient (Wildman–Crippen LogP) is 4.21. The maximum absolute atomic E-state index is 13.1. The van der Waals surface area contributed by atoms with Crippen LogP contribution in [0.5, 0.6) is 0 Å². The largest absolute Gasteiger partial charge is 0.384 e. The molecule has 0 radical (unpaired) electrons. The third-order valence-corrected chi connectivity index (χ3v) is 6.28. The smallest absolute Gasteiger partial charge is 0.251 e. The van der Waals surface area contributed by atoms with Crippen LogP contribution in [0, 0.1) is 12.8 Å². The van der Waals surface area contributed by atoms with E-state index < -0.39 is 0 Å². The Morgan fingerprint density at radius 1 is 1.09 bits per heavy atom. The molecule has 1 saturated heterocycles. The van der Waals surface area contributed by atoms with Gasteiger partial charge in [-0.3, -0.25) is 9.59 Å². The topological polar surface area (TPSA) is 73.5 Å². The Bertz CT molecular complexity index is 1180. The third-order valence-electron chi connectivity index (χ3n) is 6.03. The Morgan fingerprint density at radius 2 is 1.84 bits per heavy atom. The zero-order valence-corrected chi connectivity index (χ0v) is 18.3. The molecule has 6 nitrogen and oxygen atoms in total. The van der Waals surface area contributed by atoms with Crippen molar-refractivity contribution in [2.24, 2.45) is 5.92 Å². The first-order valence-electron chi connectivity index (χ1n) is 10.6. The van der Waals surface area contributed by atoms with E-state index in [1.54, 1.807) is 23.2 Å². The summed E-state index contributed by atoms with van der Waals surface area (Å²) >= 11 is 5.92. The molecule has 0 aromatic heterocycles. The van der Waals surface area contributed by atoms with Crippen LogP contribution in [0.4, 0.5) is 11.4 Å². The average Bonchev–Trinajstić information content (AvgIpc) is 3.15. The quantitative estimate of drug-likeness (QED) is 0.561. The number of hydrogen-bond donors (Lipinski definition) is 3. The number of aryl methyl sites for hydroxylation is 1. The van der Waals surface area contributed by atoms with E-state index in [0.29, 0.717) is 23.7 Å². The molecule has 2 aliphatic rings. The van der Waals surface area contributed by atoms with E-state index in [0.717, 1.165) is 28.1 Å². The van der Waals surface area contributed by atoms with Gasteiger partial charge < -0.3 is 10.6 Å². The molecule has 0 saturated carbocycles. The van der Waals surface area contributed by atoms with Crippen molar-refractivity contribution in [1.82, 2.24) is 10.7 Å². The lowest BCUT2D eigenvalue weighted by atomic mass is 9.88. The lowest BCUT2D eigenvalue weighted by Crippen LogP contribution is -2.35. The van der Waals surface area contributed by atoms with Crippen LogP contribution in [-0.2, 0) is 11.3 Å². The van der Waals surface area contributed by atoms with Gasteiger partial charge in [0.1, 0.15) is 0 Å². The Morgan fingerprint density at radius 3 is 2.59 bits per heavy atom. The first-order chi connectivity index (χ1) is 15.5. The molecule has 2 unspecified atom stereocenters.